The van der Waals surface area contributed by atoms with Gasteiger partial charge in [0.05, 0.1) is 25.3 Å². The molecule has 0 radical (unpaired) electrons. The van der Waals surface area contributed by atoms with Crippen LogP contribution in [0.15, 0.2) is 12.1 Å². The molecule has 0 unspecified atom stereocenters. The quantitative estimate of drug-likeness (QED) is 0.927. The summed E-state index contributed by atoms with van der Waals surface area (Å²) in [5.74, 6) is 0.736. The molecule has 0 spiro atoms. The van der Waals surface area contributed by atoms with E-state index in [0.717, 1.165) is 0 Å². The molecule has 0 aliphatic carbocycles. The molecule has 1 aromatic rings. The Hall–Kier alpha value is -1.46. The summed E-state index contributed by atoms with van der Waals surface area (Å²) in [6.45, 7) is 1.10. The number of hydrogen-bond donors (Lipinski definition) is 1. The second kappa shape index (κ2) is 6.33. The van der Waals surface area contributed by atoms with Crippen LogP contribution in [0.4, 0.5) is 0 Å². The Kier molecular flexibility index (Phi) is 4.73. The molecule has 1 aliphatic heterocycles. The number of nitrogens with zero attached hydrogens (tertiary/aromatic N) is 1. The van der Waals surface area contributed by atoms with Gasteiger partial charge in [-0.1, -0.05) is 11.6 Å². The molecule has 1 heterocycles. The number of carbonyl (C=O) groups excluding carboxylic acids is 1. The molecule has 1 aliphatic rings. The maximum absolute atomic E-state index is 12.4. The highest BCUT2D eigenvalue weighted by molar-refractivity contribution is 6.32. The number of rotatable bonds is 3. The van der Waals surface area contributed by atoms with Crippen molar-refractivity contribution in [3.63, 3.8) is 0 Å². The van der Waals surface area contributed by atoms with E-state index in [1.807, 2.05) is 0 Å². The van der Waals surface area contributed by atoms with E-state index in [4.69, 9.17) is 21.1 Å². The maximum atomic E-state index is 12.4. The van der Waals surface area contributed by atoms with Crippen LogP contribution in [0.2, 0.25) is 5.02 Å². The first-order chi connectivity index (χ1) is 9.56. The fraction of sp³-hybridized carbons (Fsp3) is 0.500. The topological polar surface area (TPSA) is 59.0 Å². The Morgan fingerprint density at radius 3 is 2.50 bits per heavy atom. The second-order valence-corrected chi connectivity index (χ2v) is 5.12. The normalized spacial score (nSPS) is 16.1. The molecule has 110 valence electrons. The average molecular weight is 300 g/mol. The predicted octanol–water partition coefficient (Wildman–Crippen LogP) is 1.95. The van der Waals surface area contributed by atoms with Gasteiger partial charge in [-0.2, -0.15) is 0 Å². The molecule has 0 saturated carbocycles. The average Bonchev–Trinajstić information content (AvgIpc) is 2.46. The third kappa shape index (κ3) is 2.99. The van der Waals surface area contributed by atoms with Crippen LogP contribution in [0.25, 0.3) is 0 Å². The van der Waals surface area contributed by atoms with Crippen molar-refractivity contribution in [2.75, 3.05) is 27.3 Å². The van der Waals surface area contributed by atoms with Gasteiger partial charge in [0.1, 0.15) is 0 Å². The summed E-state index contributed by atoms with van der Waals surface area (Å²) in [4.78, 5) is 14.1. The standard InChI is InChI=1S/C14H18ClNO4/c1-19-12-8-9(7-11(15)13(12)20-2)14(18)16-5-3-10(17)4-6-16/h7-8,10,17H,3-6H2,1-2H3. The predicted molar refractivity (Wildman–Crippen MR) is 75.7 cm³/mol. The second-order valence-electron chi connectivity index (χ2n) is 4.72. The summed E-state index contributed by atoms with van der Waals surface area (Å²) in [6.07, 6.45) is 0.896. The van der Waals surface area contributed by atoms with Crippen LogP contribution in [0.1, 0.15) is 23.2 Å². The lowest BCUT2D eigenvalue weighted by molar-refractivity contribution is 0.0546. The minimum absolute atomic E-state index is 0.111. The lowest BCUT2D eigenvalue weighted by Gasteiger charge is -2.29. The summed E-state index contributed by atoms with van der Waals surface area (Å²) in [6, 6.07) is 3.20. The fourth-order valence-corrected chi connectivity index (χ4v) is 2.58. The van der Waals surface area contributed by atoms with E-state index < -0.39 is 0 Å². The first kappa shape index (κ1) is 14.9. The molecule has 20 heavy (non-hydrogen) atoms. The zero-order valence-corrected chi connectivity index (χ0v) is 12.3. The number of aliphatic hydroxyl groups is 1. The molecule has 2 rings (SSSR count). The Labute approximate surface area is 123 Å². The fourth-order valence-electron chi connectivity index (χ4n) is 2.29. The van der Waals surface area contributed by atoms with Crippen LogP contribution >= 0.6 is 11.6 Å². The molecule has 1 fully saturated rings. The maximum Gasteiger partial charge on any atom is 0.254 e. The van der Waals surface area contributed by atoms with Gasteiger partial charge in [0.25, 0.3) is 5.91 Å². The summed E-state index contributed by atoms with van der Waals surface area (Å²) in [5.41, 5.74) is 0.462. The van der Waals surface area contributed by atoms with Crippen molar-refractivity contribution in [2.45, 2.75) is 18.9 Å². The van der Waals surface area contributed by atoms with Crippen molar-refractivity contribution in [1.82, 2.24) is 4.90 Å². The Morgan fingerprint density at radius 1 is 1.30 bits per heavy atom. The first-order valence-electron chi connectivity index (χ1n) is 6.45. The summed E-state index contributed by atoms with van der Waals surface area (Å²) in [5, 5.41) is 9.82. The molecule has 0 aromatic heterocycles. The number of ether oxygens (including phenoxy) is 2. The van der Waals surface area contributed by atoms with Gasteiger partial charge < -0.3 is 19.5 Å². The van der Waals surface area contributed by atoms with Gasteiger partial charge in [-0.05, 0) is 25.0 Å². The number of hydrogen-bond acceptors (Lipinski definition) is 4. The van der Waals surface area contributed by atoms with Crippen molar-refractivity contribution < 1.29 is 19.4 Å². The van der Waals surface area contributed by atoms with Gasteiger partial charge in [-0.25, -0.2) is 0 Å². The van der Waals surface area contributed by atoms with Crippen LogP contribution < -0.4 is 9.47 Å². The Balaban J connectivity index is 2.24. The van der Waals surface area contributed by atoms with Crippen molar-refractivity contribution in [2.24, 2.45) is 0 Å². The van der Waals surface area contributed by atoms with Crippen LogP contribution in [0.3, 0.4) is 0 Å². The molecule has 1 amide bonds. The molecular weight excluding hydrogens is 282 g/mol. The van der Waals surface area contributed by atoms with Gasteiger partial charge in [0.2, 0.25) is 0 Å². The highest BCUT2D eigenvalue weighted by Crippen LogP contribution is 2.36. The van der Waals surface area contributed by atoms with Gasteiger partial charge in [-0.3, -0.25) is 4.79 Å². The van der Waals surface area contributed by atoms with Crippen molar-refractivity contribution in [3.8, 4) is 11.5 Å². The monoisotopic (exact) mass is 299 g/mol. The number of piperidine rings is 1. The molecule has 6 heteroatoms. The van der Waals surface area contributed by atoms with Crippen LogP contribution in [0.5, 0.6) is 11.5 Å². The van der Waals surface area contributed by atoms with E-state index in [-0.39, 0.29) is 12.0 Å². The number of benzene rings is 1. The van der Waals surface area contributed by atoms with E-state index in [1.165, 1.54) is 14.2 Å². The number of methoxy groups -OCH3 is 2. The summed E-state index contributed by atoms with van der Waals surface area (Å²) in [7, 11) is 3.00. The van der Waals surface area contributed by atoms with E-state index in [2.05, 4.69) is 0 Å². The molecule has 1 saturated heterocycles. The number of likely N-dealkylation sites (tertiary alicyclic amines) is 1. The van der Waals surface area contributed by atoms with Crippen molar-refractivity contribution >= 4 is 17.5 Å². The highest BCUT2D eigenvalue weighted by Gasteiger charge is 2.24. The zero-order chi connectivity index (χ0) is 14.7. The Bertz CT molecular complexity index is 498. The van der Waals surface area contributed by atoms with Crippen LogP contribution in [-0.4, -0.2) is 49.3 Å². The van der Waals surface area contributed by atoms with Crippen molar-refractivity contribution in [3.05, 3.63) is 22.7 Å². The SMILES string of the molecule is COc1cc(C(=O)N2CCC(O)CC2)cc(Cl)c1OC. The number of amides is 1. The summed E-state index contributed by atoms with van der Waals surface area (Å²) >= 11 is 6.10. The van der Waals surface area contributed by atoms with Gasteiger partial charge >= 0.3 is 0 Å². The van der Waals surface area contributed by atoms with Gasteiger partial charge in [0, 0.05) is 18.7 Å². The molecular formula is C14H18ClNO4. The van der Waals surface area contributed by atoms with Gasteiger partial charge in [-0.15, -0.1) is 0 Å². The smallest absolute Gasteiger partial charge is 0.254 e. The highest BCUT2D eigenvalue weighted by atomic mass is 35.5. The van der Waals surface area contributed by atoms with E-state index in [9.17, 15) is 9.90 Å². The summed E-state index contributed by atoms with van der Waals surface area (Å²) < 4.78 is 10.3. The van der Waals surface area contributed by atoms with E-state index in [1.54, 1.807) is 17.0 Å². The molecule has 1 N–H and O–H groups in total. The van der Waals surface area contributed by atoms with Crippen LogP contribution in [0, 0.1) is 0 Å². The molecule has 0 atom stereocenters. The van der Waals surface area contributed by atoms with Crippen molar-refractivity contribution in [1.29, 1.82) is 0 Å². The lowest BCUT2D eigenvalue weighted by atomic mass is 10.1. The van der Waals surface area contributed by atoms with E-state index >= 15 is 0 Å². The number of halogens is 1. The lowest BCUT2D eigenvalue weighted by Crippen LogP contribution is -2.40. The first-order valence-corrected chi connectivity index (χ1v) is 6.83. The third-order valence-electron chi connectivity index (χ3n) is 3.43. The third-order valence-corrected chi connectivity index (χ3v) is 3.71. The molecule has 1 aromatic carbocycles. The van der Waals surface area contributed by atoms with E-state index in [0.29, 0.717) is 48.0 Å². The Morgan fingerprint density at radius 2 is 1.95 bits per heavy atom. The zero-order valence-electron chi connectivity index (χ0n) is 11.6. The largest absolute Gasteiger partial charge is 0.493 e. The minimum atomic E-state index is -0.312. The van der Waals surface area contributed by atoms with Crippen LogP contribution in [-0.2, 0) is 0 Å². The molecule has 0 bridgehead atoms. The number of carbonyl (C=O) groups is 1. The number of aliphatic hydroxyl groups excluding tert-OH is 1. The molecule has 5 nitrogen and oxygen atoms in total. The van der Waals surface area contributed by atoms with Gasteiger partial charge in [0.15, 0.2) is 11.5 Å². The minimum Gasteiger partial charge on any atom is -0.493 e.